The summed E-state index contributed by atoms with van der Waals surface area (Å²) >= 11 is 0. The number of nitrogens with zero attached hydrogens (tertiary/aromatic N) is 5. The van der Waals surface area contributed by atoms with Crippen molar-refractivity contribution in [3.63, 3.8) is 0 Å². The predicted octanol–water partition coefficient (Wildman–Crippen LogP) is 4.73. The van der Waals surface area contributed by atoms with Gasteiger partial charge in [0.05, 0.1) is 53.7 Å². The number of hydrogen-bond donors (Lipinski definition) is 1. The fourth-order valence-corrected chi connectivity index (χ4v) is 7.50. The second-order valence-corrected chi connectivity index (χ2v) is 14.0. The molecule has 3 aromatic heterocycles. The summed E-state index contributed by atoms with van der Waals surface area (Å²) in [6, 6.07) is 11.4. The number of rotatable bonds is 8. The largest absolute Gasteiger partial charge is 0.493 e. The number of halogens is 4. The zero-order chi connectivity index (χ0) is 40.9. The number of carbonyl (C=O) groups excluding carboxylic acids is 2. The van der Waals surface area contributed by atoms with E-state index in [1.807, 2.05) is 0 Å². The number of esters is 1. The molecular formula is C41H34F4N6O7. The summed E-state index contributed by atoms with van der Waals surface area (Å²) in [5.74, 6) is -2.19. The molecule has 1 amide bonds. The summed E-state index contributed by atoms with van der Waals surface area (Å²) in [5.41, 5.74) is 0.234. The van der Waals surface area contributed by atoms with Gasteiger partial charge in [-0.15, -0.1) is 0 Å². The number of hydrogen-bond acceptors (Lipinski definition) is 10. The Kier molecular flexibility index (Phi) is 9.92. The van der Waals surface area contributed by atoms with Gasteiger partial charge < -0.3 is 24.4 Å². The first-order valence-corrected chi connectivity index (χ1v) is 18.2. The number of carbonyl (C=O) groups is 2. The number of nitrogens with one attached hydrogen (secondary N) is 1. The molecule has 0 unspecified atom stereocenters. The van der Waals surface area contributed by atoms with Crippen LogP contribution in [0.25, 0.3) is 27.5 Å². The SMILES string of the molecule is Cc1cc(N2CCOC[C@@H]2C(F)(F)F)cc(F)c1C(=O)N[C@@H](Cc1ccc(-n2c(=O)c3ccncc3n(C)c2=O)c2ncccc12)C(=O)Oc1ccc2c(c1)CCO2. The van der Waals surface area contributed by atoms with Crippen LogP contribution in [0.1, 0.15) is 27.0 Å². The molecule has 58 heavy (non-hydrogen) atoms. The van der Waals surface area contributed by atoms with Crippen molar-refractivity contribution in [3.8, 4) is 17.2 Å². The first-order valence-electron chi connectivity index (χ1n) is 18.2. The van der Waals surface area contributed by atoms with Crippen LogP contribution in [0.4, 0.5) is 23.2 Å². The maximum atomic E-state index is 15.9. The normalized spacial score (nSPS) is 15.9. The topological polar surface area (TPSA) is 147 Å². The van der Waals surface area contributed by atoms with Gasteiger partial charge in [0.2, 0.25) is 0 Å². The van der Waals surface area contributed by atoms with Crippen LogP contribution in [0.5, 0.6) is 11.5 Å². The Bertz CT molecular complexity index is 2730. The molecule has 298 valence electrons. The average molecular weight is 799 g/mol. The lowest BCUT2D eigenvalue weighted by Gasteiger charge is -2.38. The molecule has 0 bridgehead atoms. The van der Waals surface area contributed by atoms with Crippen molar-refractivity contribution in [3.05, 3.63) is 128 Å². The zero-order valence-electron chi connectivity index (χ0n) is 31.0. The predicted molar refractivity (Wildman–Crippen MR) is 203 cm³/mol. The van der Waals surface area contributed by atoms with E-state index >= 15 is 4.39 Å². The van der Waals surface area contributed by atoms with Crippen LogP contribution < -0.4 is 30.9 Å². The number of aryl methyl sites for hydroxylation is 2. The molecule has 0 saturated carbocycles. The second-order valence-electron chi connectivity index (χ2n) is 14.0. The van der Waals surface area contributed by atoms with Crippen LogP contribution in [-0.2, 0) is 29.4 Å². The van der Waals surface area contributed by atoms with Gasteiger partial charge in [0.25, 0.3) is 11.5 Å². The smallest absolute Gasteiger partial charge is 0.411 e. The van der Waals surface area contributed by atoms with Gasteiger partial charge in [-0.3, -0.25) is 24.1 Å². The van der Waals surface area contributed by atoms with Gasteiger partial charge >= 0.3 is 17.8 Å². The number of alkyl halides is 3. The minimum Gasteiger partial charge on any atom is -0.493 e. The number of anilines is 1. The molecule has 0 radical (unpaired) electrons. The number of pyridine rings is 2. The minimum atomic E-state index is -4.66. The quantitative estimate of drug-likeness (QED) is 0.130. The molecule has 6 aromatic rings. The molecule has 3 aromatic carbocycles. The van der Waals surface area contributed by atoms with Crippen LogP contribution in [0, 0.1) is 12.7 Å². The van der Waals surface area contributed by atoms with E-state index in [0.29, 0.717) is 35.2 Å². The Balaban J connectivity index is 1.16. The standard InChI is InChI=1S/C41H34F4N6O7/c1-22-16-25(50-13-15-56-21-34(50)41(43,44)45)19-29(42)35(22)37(52)48-30(39(54)58-26-6-8-33-24(17-26)10-14-57-33)18-23-5-7-31(36-27(23)4-3-11-47-36)51-38(53)28-9-12-46-20-32(28)49(2)40(51)55/h3-9,11-12,16-17,19-20,30,34H,10,13-15,18,21H2,1-2H3,(H,48,52)/t30-,34+/m0/s1. The summed E-state index contributed by atoms with van der Waals surface area (Å²) in [6.45, 7) is 1.06. The number of benzene rings is 3. The van der Waals surface area contributed by atoms with Gasteiger partial charge in [-0.1, -0.05) is 12.1 Å². The molecular weight excluding hydrogens is 764 g/mol. The fraction of sp³-hybridized carbons (Fsp3) is 0.268. The molecule has 0 spiro atoms. The highest BCUT2D eigenvalue weighted by Gasteiger charge is 2.46. The third kappa shape index (κ3) is 7.01. The molecule has 2 aliphatic heterocycles. The van der Waals surface area contributed by atoms with E-state index in [4.69, 9.17) is 14.2 Å². The Morgan fingerprint density at radius 1 is 1.03 bits per heavy atom. The number of amides is 1. The average Bonchev–Trinajstić information content (AvgIpc) is 3.68. The van der Waals surface area contributed by atoms with Crippen LogP contribution in [0.3, 0.4) is 0 Å². The maximum Gasteiger partial charge on any atom is 0.411 e. The summed E-state index contributed by atoms with van der Waals surface area (Å²) in [4.78, 5) is 64.8. The lowest BCUT2D eigenvalue weighted by atomic mass is 9.99. The highest BCUT2D eigenvalue weighted by molar-refractivity contribution is 5.99. The van der Waals surface area contributed by atoms with Crippen molar-refractivity contribution >= 4 is 39.4 Å². The fourth-order valence-electron chi connectivity index (χ4n) is 7.50. The molecule has 1 saturated heterocycles. The van der Waals surface area contributed by atoms with Crippen molar-refractivity contribution in [1.82, 2.24) is 24.4 Å². The Morgan fingerprint density at radius 3 is 2.66 bits per heavy atom. The molecule has 8 rings (SSSR count). The zero-order valence-corrected chi connectivity index (χ0v) is 31.0. The summed E-state index contributed by atoms with van der Waals surface area (Å²) in [7, 11) is 1.51. The van der Waals surface area contributed by atoms with Crippen molar-refractivity contribution in [2.24, 2.45) is 7.05 Å². The molecule has 17 heteroatoms. The van der Waals surface area contributed by atoms with E-state index in [1.54, 1.807) is 30.3 Å². The molecule has 2 aliphatic rings. The summed E-state index contributed by atoms with van der Waals surface area (Å²) in [5, 5.41) is 3.28. The van der Waals surface area contributed by atoms with E-state index in [0.717, 1.165) is 21.1 Å². The van der Waals surface area contributed by atoms with Gasteiger partial charge in [-0.25, -0.2) is 18.5 Å². The van der Waals surface area contributed by atoms with Gasteiger partial charge in [0, 0.05) is 55.5 Å². The van der Waals surface area contributed by atoms with Crippen LogP contribution in [0.15, 0.2) is 88.8 Å². The van der Waals surface area contributed by atoms with E-state index in [-0.39, 0.29) is 53.2 Å². The lowest BCUT2D eigenvalue weighted by Crippen LogP contribution is -2.53. The Hall–Kier alpha value is -6.62. The lowest BCUT2D eigenvalue weighted by molar-refractivity contribution is -0.167. The molecule has 5 heterocycles. The van der Waals surface area contributed by atoms with Crippen molar-refractivity contribution in [2.75, 3.05) is 31.3 Å². The Labute approximate surface area is 326 Å². The molecule has 1 N–H and O–H groups in total. The van der Waals surface area contributed by atoms with Crippen LogP contribution in [-0.4, -0.2) is 75.6 Å². The van der Waals surface area contributed by atoms with E-state index < -0.39 is 59.4 Å². The van der Waals surface area contributed by atoms with Gasteiger partial charge in [-0.05, 0) is 66.6 Å². The number of fused-ring (bicyclic) bond motifs is 3. The minimum absolute atomic E-state index is 0.00489. The van der Waals surface area contributed by atoms with Crippen molar-refractivity contribution < 1.29 is 41.4 Å². The van der Waals surface area contributed by atoms with Crippen LogP contribution in [0.2, 0.25) is 0 Å². The molecule has 2 atom stereocenters. The van der Waals surface area contributed by atoms with Crippen molar-refractivity contribution in [2.45, 2.75) is 38.0 Å². The van der Waals surface area contributed by atoms with E-state index in [2.05, 4.69) is 15.3 Å². The van der Waals surface area contributed by atoms with E-state index in [1.165, 1.54) is 61.4 Å². The highest BCUT2D eigenvalue weighted by Crippen LogP contribution is 2.34. The Morgan fingerprint density at radius 2 is 1.86 bits per heavy atom. The van der Waals surface area contributed by atoms with Gasteiger partial charge in [0.15, 0.2) is 0 Å². The van der Waals surface area contributed by atoms with Gasteiger partial charge in [-0.2, -0.15) is 13.2 Å². The van der Waals surface area contributed by atoms with E-state index in [9.17, 15) is 32.3 Å². The first-order chi connectivity index (χ1) is 27.8. The number of ether oxygens (including phenoxy) is 3. The summed E-state index contributed by atoms with van der Waals surface area (Å²) in [6.07, 6.45) is 0.0470. The molecule has 13 nitrogen and oxygen atoms in total. The number of aromatic nitrogens is 4. The van der Waals surface area contributed by atoms with Gasteiger partial charge in [0.1, 0.15) is 29.4 Å². The molecule has 0 aliphatic carbocycles. The van der Waals surface area contributed by atoms with Crippen LogP contribution >= 0.6 is 0 Å². The monoisotopic (exact) mass is 798 g/mol. The third-order valence-electron chi connectivity index (χ3n) is 10.4. The first kappa shape index (κ1) is 38.3. The second kappa shape index (κ2) is 15.0. The number of morpholine rings is 1. The molecule has 1 fully saturated rings. The highest BCUT2D eigenvalue weighted by atomic mass is 19.4. The maximum absolute atomic E-state index is 15.9. The van der Waals surface area contributed by atoms with Crippen molar-refractivity contribution in [1.29, 1.82) is 0 Å². The third-order valence-corrected chi connectivity index (χ3v) is 10.4. The summed E-state index contributed by atoms with van der Waals surface area (Å²) < 4.78 is 76.1.